The van der Waals surface area contributed by atoms with Gasteiger partial charge in [0.2, 0.25) is 0 Å². The predicted octanol–water partition coefficient (Wildman–Crippen LogP) is 10.9. The Morgan fingerprint density at radius 3 is 2.33 bits per heavy atom. The molecule has 4 aromatic carbocycles. The van der Waals surface area contributed by atoms with Crippen LogP contribution in [0.4, 0.5) is 5.69 Å². The highest BCUT2D eigenvalue weighted by Gasteiger charge is 2.52. The summed E-state index contributed by atoms with van der Waals surface area (Å²) in [5, 5.41) is 11.9. The average molecular weight is 706 g/mol. The fraction of sp³-hybridized carbons (Fsp3) is 0.314. The molecule has 4 nitrogen and oxygen atoms in total. The zero-order valence-corrected chi connectivity index (χ0v) is 29.7. The standard InChI is InChI=1S/C35H31NO3S6/c1-34(22-11-13-23(14-12-22)36(37)38)42-19-30(44-34)25-7-5-9-28-32(25)24-6-3-4-8-27(24)35(28)43-20-31(45-35)26-18-21(10-15-29(26)39-2)33-40-16-17-41-33/h3-15,18,30-31,33H,16-17,19-20H2,1-2H3. The Bertz CT molecular complexity index is 1790. The van der Waals surface area contributed by atoms with Crippen molar-refractivity contribution in [3.05, 3.63) is 128 Å². The van der Waals surface area contributed by atoms with E-state index in [-0.39, 0.29) is 18.8 Å². The molecule has 0 radical (unpaired) electrons. The molecule has 4 aromatic rings. The van der Waals surface area contributed by atoms with Gasteiger partial charge in [-0.05, 0) is 70.1 Å². The summed E-state index contributed by atoms with van der Waals surface area (Å²) in [4.78, 5) is 10.9. The van der Waals surface area contributed by atoms with Crippen molar-refractivity contribution < 1.29 is 9.66 Å². The molecular weight excluding hydrogens is 675 g/mol. The maximum atomic E-state index is 11.3. The van der Waals surface area contributed by atoms with Crippen LogP contribution in [0.3, 0.4) is 0 Å². The first-order chi connectivity index (χ1) is 21.9. The van der Waals surface area contributed by atoms with Gasteiger partial charge >= 0.3 is 0 Å². The summed E-state index contributed by atoms with van der Waals surface area (Å²) >= 11 is 12.2. The molecule has 1 aliphatic carbocycles. The van der Waals surface area contributed by atoms with E-state index in [1.807, 2.05) is 35.7 Å². The van der Waals surface area contributed by atoms with Gasteiger partial charge in [0.1, 0.15) is 9.83 Å². The summed E-state index contributed by atoms with van der Waals surface area (Å²) in [6, 6.07) is 30.0. The zero-order chi connectivity index (χ0) is 30.8. The third-order valence-electron chi connectivity index (χ3n) is 9.07. The molecule has 8 rings (SSSR count). The number of benzene rings is 4. The van der Waals surface area contributed by atoms with Crippen LogP contribution in [0.15, 0.2) is 84.9 Å². The van der Waals surface area contributed by atoms with Crippen LogP contribution in [0.25, 0.3) is 11.1 Å². The lowest BCUT2D eigenvalue weighted by Gasteiger charge is -2.27. The number of non-ortho nitro benzene ring substituents is 1. The van der Waals surface area contributed by atoms with Crippen molar-refractivity contribution in [2.45, 2.75) is 30.2 Å². The predicted molar refractivity (Wildman–Crippen MR) is 199 cm³/mol. The number of methoxy groups -OCH3 is 1. The molecule has 3 aliphatic heterocycles. The first-order valence-electron chi connectivity index (χ1n) is 14.9. The van der Waals surface area contributed by atoms with E-state index in [1.165, 1.54) is 50.4 Å². The van der Waals surface area contributed by atoms with Gasteiger partial charge in [-0.25, -0.2) is 0 Å². The normalized spacial score (nSPS) is 27.2. The number of nitro groups is 1. The Labute approximate surface area is 289 Å². The maximum absolute atomic E-state index is 11.3. The third-order valence-corrected chi connectivity index (χ3v) is 19.4. The van der Waals surface area contributed by atoms with Gasteiger partial charge in [0.15, 0.2) is 0 Å². The van der Waals surface area contributed by atoms with Gasteiger partial charge in [0, 0.05) is 51.2 Å². The number of hydrogen-bond acceptors (Lipinski definition) is 9. The van der Waals surface area contributed by atoms with Gasteiger partial charge < -0.3 is 4.74 Å². The lowest BCUT2D eigenvalue weighted by atomic mass is 9.97. The minimum atomic E-state index is -0.325. The van der Waals surface area contributed by atoms with Crippen LogP contribution in [0.2, 0.25) is 0 Å². The molecule has 4 aliphatic rings. The topological polar surface area (TPSA) is 52.4 Å². The quantitative estimate of drug-likeness (QED) is 0.144. The van der Waals surface area contributed by atoms with Crippen LogP contribution in [-0.4, -0.2) is 35.0 Å². The fourth-order valence-corrected chi connectivity index (χ4v) is 17.0. The van der Waals surface area contributed by atoms with Gasteiger partial charge in [-0.15, -0.1) is 70.6 Å². The minimum absolute atomic E-state index is 0.139. The largest absolute Gasteiger partial charge is 0.496 e. The lowest BCUT2D eigenvalue weighted by molar-refractivity contribution is -0.384. The number of hydrogen-bond donors (Lipinski definition) is 0. The Hall–Kier alpha value is -1.82. The second-order valence-corrected chi connectivity index (χ2v) is 20.5. The number of thioether (sulfide) groups is 6. The smallest absolute Gasteiger partial charge is 0.269 e. The monoisotopic (exact) mass is 705 g/mol. The summed E-state index contributed by atoms with van der Waals surface area (Å²) in [6.45, 7) is 2.26. The van der Waals surface area contributed by atoms with Gasteiger partial charge in [0.25, 0.3) is 5.69 Å². The number of ether oxygens (including phenoxy) is 1. The van der Waals surface area contributed by atoms with Gasteiger partial charge in [-0.3, -0.25) is 10.1 Å². The number of rotatable bonds is 6. The Morgan fingerprint density at radius 2 is 1.56 bits per heavy atom. The van der Waals surface area contributed by atoms with Gasteiger partial charge in [-0.2, -0.15) is 0 Å². The molecule has 0 amide bonds. The van der Waals surface area contributed by atoms with Crippen molar-refractivity contribution in [2.75, 3.05) is 30.1 Å². The van der Waals surface area contributed by atoms with E-state index in [4.69, 9.17) is 4.74 Å². The molecule has 3 heterocycles. The lowest BCUT2D eigenvalue weighted by Crippen LogP contribution is -2.13. The molecule has 0 saturated carbocycles. The maximum Gasteiger partial charge on any atom is 0.269 e. The van der Waals surface area contributed by atoms with E-state index < -0.39 is 0 Å². The summed E-state index contributed by atoms with van der Waals surface area (Å²) in [5.74, 6) is 5.45. The fourth-order valence-electron chi connectivity index (χ4n) is 6.91. The minimum Gasteiger partial charge on any atom is -0.496 e. The highest BCUT2D eigenvalue weighted by atomic mass is 32.2. The molecule has 4 atom stereocenters. The number of nitro benzene ring substituents is 1. The van der Waals surface area contributed by atoms with Crippen molar-refractivity contribution >= 4 is 76.3 Å². The number of fused-ring (bicyclic) bond motifs is 5. The van der Waals surface area contributed by atoms with Crippen molar-refractivity contribution in [1.29, 1.82) is 0 Å². The molecule has 45 heavy (non-hydrogen) atoms. The molecule has 1 spiro atoms. The summed E-state index contributed by atoms with van der Waals surface area (Å²) < 4.78 is 6.13. The van der Waals surface area contributed by atoms with E-state index in [9.17, 15) is 10.1 Å². The Balaban J connectivity index is 1.15. The molecule has 10 heteroatoms. The van der Waals surface area contributed by atoms with E-state index in [2.05, 4.69) is 115 Å². The molecule has 0 N–H and O–H groups in total. The third kappa shape index (κ3) is 5.13. The van der Waals surface area contributed by atoms with Crippen LogP contribution < -0.4 is 4.74 Å². The molecule has 3 fully saturated rings. The molecule has 4 unspecified atom stereocenters. The molecular formula is C35H31NO3S6. The Morgan fingerprint density at radius 1 is 0.822 bits per heavy atom. The highest BCUT2D eigenvalue weighted by Crippen LogP contribution is 2.71. The van der Waals surface area contributed by atoms with E-state index in [1.54, 1.807) is 19.2 Å². The molecule has 0 bridgehead atoms. The van der Waals surface area contributed by atoms with Crippen LogP contribution in [-0.2, 0) is 8.16 Å². The molecule has 0 aromatic heterocycles. The van der Waals surface area contributed by atoms with E-state index in [0.717, 1.165) is 22.8 Å². The first kappa shape index (κ1) is 30.5. The van der Waals surface area contributed by atoms with Crippen LogP contribution in [0.5, 0.6) is 5.75 Å². The zero-order valence-electron chi connectivity index (χ0n) is 24.8. The van der Waals surface area contributed by atoms with Crippen molar-refractivity contribution in [1.82, 2.24) is 0 Å². The van der Waals surface area contributed by atoms with Crippen LogP contribution >= 0.6 is 70.6 Å². The number of nitrogens with zero attached hydrogens (tertiary/aromatic N) is 1. The first-order valence-corrected chi connectivity index (χ1v) is 20.8. The second kappa shape index (κ2) is 12.0. The second-order valence-electron chi connectivity index (χ2n) is 11.6. The van der Waals surface area contributed by atoms with Crippen molar-refractivity contribution in [3.63, 3.8) is 0 Å². The summed E-state index contributed by atoms with van der Waals surface area (Å²) in [7, 11) is 1.80. The molecule has 3 saturated heterocycles. The van der Waals surface area contributed by atoms with Gasteiger partial charge in [-0.1, -0.05) is 48.5 Å². The van der Waals surface area contributed by atoms with Crippen LogP contribution in [0.1, 0.15) is 55.4 Å². The average Bonchev–Trinajstić information content (AvgIpc) is 3.89. The molecule has 230 valence electrons. The van der Waals surface area contributed by atoms with Crippen molar-refractivity contribution in [2.24, 2.45) is 0 Å². The van der Waals surface area contributed by atoms with Crippen LogP contribution in [0, 0.1) is 10.1 Å². The Kier molecular flexibility index (Phi) is 8.14. The summed E-state index contributed by atoms with van der Waals surface area (Å²) in [6.07, 6.45) is 0. The van der Waals surface area contributed by atoms with E-state index >= 15 is 0 Å². The van der Waals surface area contributed by atoms with Crippen molar-refractivity contribution in [3.8, 4) is 16.9 Å². The highest BCUT2D eigenvalue weighted by molar-refractivity contribution is 8.21. The van der Waals surface area contributed by atoms with Gasteiger partial charge in [0.05, 0.1) is 20.7 Å². The summed E-state index contributed by atoms with van der Waals surface area (Å²) in [5.41, 5.74) is 11.0. The SMILES string of the molecule is COc1ccc(C2SCCS2)cc1C1CSC2(S1)c1ccccc1-c1c(C3CSC(C)(c4ccc([N+](=O)[O-])cc4)S3)cccc12. The van der Waals surface area contributed by atoms with E-state index in [0.29, 0.717) is 15.1 Å².